The zero-order valence-electron chi connectivity index (χ0n) is 28.4. The molecule has 0 aliphatic rings. The first kappa shape index (κ1) is 30.3. The van der Waals surface area contributed by atoms with Gasteiger partial charge in [-0.05, 0) is 105 Å². The van der Waals surface area contributed by atoms with E-state index in [4.69, 9.17) is 19.9 Å². The maximum atomic E-state index is 4.87. The van der Waals surface area contributed by atoms with Crippen LogP contribution in [0.5, 0.6) is 0 Å². The molecule has 0 aliphatic carbocycles. The first-order valence-electron chi connectivity index (χ1n) is 16.5. The Kier molecular flexibility index (Phi) is 7.33. The molecule has 0 fully saturated rings. The van der Waals surface area contributed by atoms with Crippen LogP contribution in [0.3, 0.4) is 0 Å². The summed E-state index contributed by atoms with van der Waals surface area (Å²) in [5.74, 6) is 3.90. The van der Waals surface area contributed by atoms with Gasteiger partial charge in [0.15, 0.2) is 11.6 Å². The second kappa shape index (κ2) is 11.9. The van der Waals surface area contributed by atoms with Crippen LogP contribution in [0.4, 0.5) is 0 Å². The molecule has 5 aromatic carbocycles. The summed E-state index contributed by atoms with van der Waals surface area (Å²) in [5.41, 5.74) is 12.1. The Labute approximate surface area is 285 Å². The first-order chi connectivity index (χ1) is 23.7. The van der Waals surface area contributed by atoms with Crippen LogP contribution in [0.15, 0.2) is 103 Å². The molecule has 8 aromatic rings. The summed E-state index contributed by atoms with van der Waals surface area (Å²) >= 11 is 0. The van der Waals surface area contributed by atoms with Gasteiger partial charge in [0.2, 0.25) is 0 Å². The van der Waals surface area contributed by atoms with Crippen LogP contribution < -0.4 is 0 Å². The lowest BCUT2D eigenvalue weighted by Crippen LogP contribution is -2.05. The largest absolute Gasteiger partial charge is 0.308 e. The highest BCUT2D eigenvalue weighted by atomic mass is 15.0. The van der Waals surface area contributed by atoms with Crippen molar-refractivity contribution in [1.29, 1.82) is 0 Å². The molecule has 0 spiro atoms. The van der Waals surface area contributed by atoms with E-state index in [1.54, 1.807) is 0 Å². The van der Waals surface area contributed by atoms with E-state index in [1.807, 2.05) is 27.7 Å². The molecule has 0 radical (unpaired) electrons. The Bertz CT molecular complexity index is 2440. The van der Waals surface area contributed by atoms with Crippen LogP contribution in [-0.2, 0) is 0 Å². The number of rotatable bonds is 5. The third kappa shape index (κ3) is 5.43. The van der Waals surface area contributed by atoms with Crippen LogP contribution in [0, 0.1) is 41.5 Å². The lowest BCUT2D eigenvalue weighted by molar-refractivity contribution is 0.924. The van der Waals surface area contributed by atoms with Gasteiger partial charge in [-0.1, -0.05) is 72.8 Å². The van der Waals surface area contributed by atoms with Crippen LogP contribution in [0.1, 0.15) is 34.4 Å². The highest BCUT2D eigenvalue weighted by Gasteiger charge is 2.21. The molecule has 0 bridgehead atoms. The van der Waals surface area contributed by atoms with Crippen molar-refractivity contribution >= 4 is 21.8 Å². The number of benzene rings is 5. The fourth-order valence-corrected chi connectivity index (χ4v) is 6.94. The second-order valence-electron chi connectivity index (χ2n) is 12.7. The summed E-state index contributed by atoms with van der Waals surface area (Å²) in [7, 11) is 0. The molecule has 3 aromatic heterocycles. The molecule has 238 valence electrons. The third-order valence-corrected chi connectivity index (χ3v) is 9.13. The smallest absolute Gasteiger partial charge is 0.165 e. The van der Waals surface area contributed by atoms with E-state index in [-0.39, 0.29) is 0 Å². The zero-order valence-corrected chi connectivity index (χ0v) is 28.4. The van der Waals surface area contributed by atoms with Gasteiger partial charge < -0.3 is 4.57 Å². The van der Waals surface area contributed by atoms with E-state index < -0.39 is 0 Å². The fraction of sp³-hybridized carbons (Fsp3) is 0.143. The molecular weight excluding hydrogens is 603 g/mol. The summed E-state index contributed by atoms with van der Waals surface area (Å²) in [6.07, 6.45) is 0. The van der Waals surface area contributed by atoms with Crippen LogP contribution >= 0.6 is 0 Å². The van der Waals surface area contributed by atoms with Crippen molar-refractivity contribution in [2.45, 2.75) is 41.5 Å². The maximum Gasteiger partial charge on any atom is 0.165 e. The molecule has 8 rings (SSSR count). The van der Waals surface area contributed by atoms with Gasteiger partial charge in [0, 0.05) is 21.9 Å². The molecule has 0 unspecified atom stereocenters. The van der Waals surface area contributed by atoms with Crippen molar-refractivity contribution < 1.29 is 0 Å². The van der Waals surface area contributed by atoms with Gasteiger partial charge in [0.1, 0.15) is 23.3 Å². The van der Waals surface area contributed by atoms with Gasteiger partial charge in [-0.2, -0.15) is 0 Å². The molecule has 7 heteroatoms. The molecular formula is C42H35N7. The highest BCUT2D eigenvalue weighted by molar-refractivity contribution is 6.11. The number of hydrogen-bond acceptors (Lipinski definition) is 6. The average Bonchev–Trinajstić information content (AvgIpc) is 3.40. The topological polar surface area (TPSA) is 82.3 Å². The summed E-state index contributed by atoms with van der Waals surface area (Å²) in [6.45, 7) is 11.9. The van der Waals surface area contributed by atoms with Gasteiger partial charge in [-0.3, -0.25) is 0 Å². The van der Waals surface area contributed by atoms with E-state index in [9.17, 15) is 0 Å². The predicted molar refractivity (Wildman–Crippen MR) is 198 cm³/mol. The van der Waals surface area contributed by atoms with Gasteiger partial charge in [0.25, 0.3) is 0 Å². The molecule has 3 heterocycles. The predicted octanol–water partition coefficient (Wildman–Crippen LogP) is 9.67. The van der Waals surface area contributed by atoms with Crippen molar-refractivity contribution in [2.75, 3.05) is 0 Å². The van der Waals surface area contributed by atoms with Crippen molar-refractivity contribution in [1.82, 2.24) is 34.5 Å². The molecule has 7 nitrogen and oxygen atoms in total. The van der Waals surface area contributed by atoms with Crippen molar-refractivity contribution in [3.8, 4) is 50.7 Å². The number of nitrogens with zero attached hydrogens (tertiary/aromatic N) is 7. The number of fused-ring (bicyclic) bond motifs is 3. The van der Waals surface area contributed by atoms with Gasteiger partial charge >= 0.3 is 0 Å². The summed E-state index contributed by atoms with van der Waals surface area (Å²) in [4.78, 5) is 28.0. The molecule has 49 heavy (non-hydrogen) atoms. The van der Waals surface area contributed by atoms with Crippen LogP contribution in [-0.4, -0.2) is 34.5 Å². The van der Waals surface area contributed by atoms with E-state index >= 15 is 0 Å². The van der Waals surface area contributed by atoms with Gasteiger partial charge in [0.05, 0.1) is 16.7 Å². The molecule has 0 saturated carbocycles. The minimum Gasteiger partial charge on any atom is -0.308 e. The SMILES string of the molecule is Cc1nc(C)nc(-c2ccc(-n3c4cc(-c5ccccc5C)ccc4c4ccc(-c5ccccc5C)cc43)c(-c3nc(C)nc(C)n3)c2)n1. The minimum atomic E-state index is 0.601. The zero-order chi connectivity index (χ0) is 33.8. The Hall–Kier alpha value is -6.08. The van der Waals surface area contributed by atoms with Gasteiger partial charge in [-0.25, -0.2) is 29.9 Å². The van der Waals surface area contributed by atoms with E-state index in [0.29, 0.717) is 34.9 Å². The Morgan fingerprint density at radius 3 is 1.33 bits per heavy atom. The average molecular weight is 638 g/mol. The number of aromatic nitrogens is 7. The minimum absolute atomic E-state index is 0.601. The van der Waals surface area contributed by atoms with Crippen molar-refractivity contribution in [2.24, 2.45) is 0 Å². The Morgan fingerprint density at radius 1 is 0.388 bits per heavy atom. The molecule has 0 N–H and O–H groups in total. The second-order valence-corrected chi connectivity index (χ2v) is 12.7. The monoisotopic (exact) mass is 637 g/mol. The summed E-state index contributed by atoms with van der Waals surface area (Å²) < 4.78 is 2.37. The molecule has 0 aliphatic heterocycles. The quantitative estimate of drug-likeness (QED) is 0.187. The summed E-state index contributed by atoms with van der Waals surface area (Å²) in [5, 5.41) is 2.34. The van der Waals surface area contributed by atoms with Gasteiger partial charge in [-0.15, -0.1) is 0 Å². The standard InChI is InChI=1S/C42H35N7/c1-24-11-7-9-13-33(24)30-15-18-35-36-19-16-31(34-14-10-8-12-25(34)2)23-40(36)49(39(35)22-30)38-20-17-32(41-45-26(3)43-27(4)46-41)21-37(38)42-47-28(5)44-29(6)48-42/h7-23H,1-6H3. The highest BCUT2D eigenvalue weighted by Crippen LogP contribution is 2.40. The molecule has 0 amide bonds. The molecule has 0 atom stereocenters. The lowest BCUT2D eigenvalue weighted by atomic mass is 9.98. The van der Waals surface area contributed by atoms with Crippen molar-refractivity contribution in [3.63, 3.8) is 0 Å². The van der Waals surface area contributed by atoms with E-state index in [1.165, 1.54) is 33.0 Å². The Balaban J connectivity index is 1.48. The maximum absolute atomic E-state index is 4.87. The number of aryl methyl sites for hydroxylation is 6. The van der Waals surface area contributed by atoms with E-state index in [0.717, 1.165) is 39.0 Å². The van der Waals surface area contributed by atoms with E-state index in [2.05, 4.69) is 132 Å². The third-order valence-electron chi connectivity index (χ3n) is 9.13. The fourth-order valence-electron chi connectivity index (χ4n) is 6.94. The van der Waals surface area contributed by atoms with Crippen molar-refractivity contribution in [3.05, 3.63) is 138 Å². The Morgan fingerprint density at radius 2 is 0.837 bits per heavy atom. The van der Waals surface area contributed by atoms with Crippen LogP contribution in [0.2, 0.25) is 0 Å². The lowest BCUT2D eigenvalue weighted by Gasteiger charge is -2.16. The number of hydrogen-bond donors (Lipinski definition) is 0. The summed E-state index contributed by atoms with van der Waals surface area (Å²) in [6, 6.07) is 37.0. The van der Waals surface area contributed by atoms with Crippen LogP contribution in [0.25, 0.3) is 72.5 Å². The first-order valence-corrected chi connectivity index (χ1v) is 16.5. The normalized spacial score (nSPS) is 11.5. The molecule has 0 saturated heterocycles.